The normalized spacial score (nSPS) is 10.7. The standard InChI is InChI=1S/C22H14Br2O3/c23-18-10-5-15(6-11-18)20(25)14-9-16-3-1-2-4-21(16)27-22(26)17-7-12-19(24)13-8-17/h1-14H. The summed E-state index contributed by atoms with van der Waals surface area (Å²) in [7, 11) is 0. The summed E-state index contributed by atoms with van der Waals surface area (Å²) in [5.41, 5.74) is 1.68. The zero-order chi connectivity index (χ0) is 19.2. The van der Waals surface area contributed by atoms with Gasteiger partial charge < -0.3 is 4.74 Å². The molecule has 5 heteroatoms. The first-order valence-corrected chi connectivity index (χ1v) is 9.66. The first-order valence-electron chi connectivity index (χ1n) is 8.08. The third kappa shape index (κ3) is 5.25. The molecule has 0 saturated carbocycles. The summed E-state index contributed by atoms with van der Waals surface area (Å²) in [5.74, 6) is -0.190. The van der Waals surface area contributed by atoms with Crippen LogP contribution in [0.3, 0.4) is 0 Å². The second-order valence-corrected chi connectivity index (χ2v) is 7.47. The van der Waals surface area contributed by atoms with Gasteiger partial charge in [0.05, 0.1) is 5.56 Å². The number of carbonyl (C=O) groups excluding carboxylic acids is 2. The Bertz CT molecular complexity index is 991. The van der Waals surface area contributed by atoms with E-state index in [1.54, 1.807) is 60.7 Å². The fraction of sp³-hybridized carbons (Fsp3) is 0. The van der Waals surface area contributed by atoms with Crippen LogP contribution in [0.2, 0.25) is 0 Å². The summed E-state index contributed by atoms with van der Waals surface area (Å²) >= 11 is 6.68. The molecule has 134 valence electrons. The highest BCUT2D eigenvalue weighted by molar-refractivity contribution is 9.10. The second-order valence-electron chi connectivity index (χ2n) is 5.64. The molecule has 0 saturated heterocycles. The smallest absolute Gasteiger partial charge is 0.343 e. The number of hydrogen-bond acceptors (Lipinski definition) is 3. The summed E-state index contributed by atoms with van der Waals surface area (Å²) in [6, 6.07) is 21.1. The maximum absolute atomic E-state index is 12.3. The number of halogens is 2. The van der Waals surface area contributed by atoms with Crippen molar-refractivity contribution in [2.45, 2.75) is 0 Å². The highest BCUT2D eigenvalue weighted by Gasteiger charge is 2.11. The fourth-order valence-electron chi connectivity index (χ4n) is 2.33. The van der Waals surface area contributed by atoms with Crippen molar-refractivity contribution in [3.8, 4) is 5.75 Å². The molecule has 0 bridgehead atoms. The molecule has 0 radical (unpaired) electrons. The molecule has 0 amide bonds. The van der Waals surface area contributed by atoms with Crippen LogP contribution in [-0.2, 0) is 0 Å². The van der Waals surface area contributed by atoms with Crippen LogP contribution >= 0.6 is 31.9 Å². The van der Waals surface area contributed by atoms with Gasteiger partial charge in [0.1, 0.15) is 5.75 Å². The molecule has 3 aromatic carbocycles. The van der Waals surface area contributed by atoms with Crippen LogP contribution < -0.4 is 4.74 Å². The number of ketones is 1. The molecule has 3 rings (SSSR count). The van der Waals surface area contributed by atoms with Gasteiger partial charge in [0.25, 0.3) is 0 Å². The van der Waals surface area contributed by atoms with Crippen molar-refractivity contribution >= 4 is 49.7 Å². The summed E-state index contributed by atoms with van der Waals surface area (Å²) in [5, 5.41) is 0. The molecule has 3 aromatic rings. The third-order valence-corrected chi connectivity index (χ3v) is 4.80. The first-order chi connectivity index (χ1) is 13.0. The van der Waals surface area contributed by atoms with Crippen LogP contribution in [0.5, 0.6) is 5.75 Å². The van der Waals surface area contributed by atoms with E-state index in [4.69, 9.17) is 4.74 Å². The lowest BCUT2D eigenvalue weighted by atomic mass is 10.1. The lowest BCUT2D eigenvalue weighted by Crippen LogP contribution is -2.09. The molecular weight excluding hydrogens is 472 g/mol. The Labute approximate surface area is 173 Å². The Morgan fingerprint density at radius 2 is 1.30 bits per heavy atom. The summed E-state index contributed by atoms with van der Waals surface area (Å²) < 4.78 is 7.30. The Morgan fingerprint density at radius 1 is 0.741 bits per heavy atom. The fourth-order valence-corrected chi connectivity index (χ4v) is 2.86. The molecular formula is C22H14Br2O3. The van der Waals surface area contributed by atoms with Gasteiger partial charge in [-0.05, 0) is 66.7 Å². The SMILES string of the molecule is O=C(C=Cc1ccccc1OC(=O)c1ccc(Br)cc1)c1ccc(Br)cc1. The first kappa shape index (κ1) is 19.3. The lowest BCUT2D eigenvalue weighted by Gasteiger charge is -2.07. The molecule has 0 atom stereocenters. The molecule has 3 nitrogen and oxygen atoms in total. The van der Waals surface area contributed by atoms with E-state index in [0.717, 1.165) is 8.95 Å². The van der Waals surface area contributed by atoms with Crippen molar-refractivity contribution in [1.82, 2.24) is 0 Å². The summed E-state index contributed by atoms with van der Waals surface area (Å²) in [6.07, 6.45) is 3.12. The van der Waals surface area contributed by atoms with Crippen molar-refractivity contribution in [3.05, 3.63) is 105 Å². The molecule has 0 aliphatic heterocycles. The molecule has 0 fully saturated rings. The Morgan fingerprint density at radius 3 is 1.93 bits per heavy atom. The Kier molecular flexibility index (Phi) is 6.37. The average molecular weight is 486 g/mol. The van der Waals surface area contributed by atoms with Gasteiger partial charge in [-0.1, -0.05) is 50.1 Å². The number of rotatable bonds is 5. The third-order valence-electron chi connectivity index (χ3n) is 3.74. The van der Waals surface area contributed by atoms with Crippen molar-refractivity contribution in [2.75, 3.05) is 0 Å². The second kappa shape index (κ2) is 8.93. The predicted octanol–water partition coefficient (Wildman–Crippen LogP) is 6.33. The van der Waals surface area contributed by atoms with Gasteiger partial charge in [-0.2, -0.15) is 0 Å². The van der Waals surface area contributed by atoms with Gasteiger partial charge in [0.15, 0.2) is 5.78 Å². The highest BCUT2D eigenvalue weighted by atomic mass is 79.9. The number of carbonyl (C=O) groups is 2. The van der Waals surface area contributed by atoms with E-state index in [0.29, 0.717) is 22.4 Å². The Balaban J connectivity index is 1.77. The molecule has 0 heterocycles. The van der Waals surface area contributed by atoms with E-state index in [1.165, 1.54) is 6.08 Å². The van der Waals surface area contributed by atoms with Gasteiger partial charge in [-0.25, -0.2) is 4.79 Å². The van der Waals surface area contributed by atoms with Gasteiger partial charge in [-0.3, -0.25) is 4.79 Å². The minimum Gasteiger partial charge on any atom is -0.422 e. The minimum atomic E-state index is -0.456. The summed E-state index contributed by atoms with van der Waals surface area (Å²) in [6.45, 7) is 0. The van der Waals surface area contributed by atoms with Crippen molar-refractivity contribution in [2.24, 2.45) is 0 Å². The average Bonchev–Trinajstić information content (AvgIpc) is 2.68. The van der Waals surface area contributed by atoms with Gasteiger partial charge >= 0.3 is 5.97 Å². The lowest BCUT2D eigenvalue weighted by molar-refractivity contribution is 0.0734. The molecule has 0 unspecified atom stereocenters. The zero-order valence-electron chi connectivity index (χ0n) is 14.1. The van der Waals surface area contributed by atoms with E-state index in [1.807, 2.05) is 18.2 Å². The minimum absolute atomic E-state index is 0.128. The zero-order valence-corrected chi connectivity index (χ0v) is 17.2. The molecule has 0 aromatic heterocycles. The van der Waals surface area contributed by atoms with E-state index < -0.39 is 5.97 Å². The van der Waals surface area contributed by atoms with Crippen molar-refractivity contribution < 1.29 is 14.3 Å². The van der Waals surface area contributed by atoms with Crippen molar-refractivity contribution in [3.63, 3.8) is 0 Å². The van der Waals surface area contributed by atoms with Gasteiger partial charge in [0, 0.05) is 20.1 Å². The number of para-hydroxylation sites is 1. The monoisotopic (exact) mass is 484 g/mol. The van der Waals surface area contributed by atoms with E-state index in [9.17, 15) is 9.59 Å². The van der Waals surface area contributed by atoms with Crippen molar-refractivity contribution in [1.29, 1.82) is 0 Å². The van der Waals surface area contributed by atoms with Crippen LogP contribution in [-0.4, -0.2) is 11.8 Å². The number of esters is 1. The van der Waals surface area contributed by atoms with E-state index in [-0.39, 0.29) is 5.78 Å². The predicted molar refractivity (Wildman–Crippen MR) is 113 cm³/mol. The number of ether oxygens (including phenoxy) is 1. The van der Waals surface area contributed by atoms with Crippen LogP contribution in [0.15, 0.2) is 87.8 Å². The number of hydrogen-bond donors (Lipinski definition) is 0. The quantitative estimate of drug-likeness (QED) is 0.183. The Hall–Kier alpha value is -2.50. The topological polar surface area (TPSA) is 43.4 Å². The van der Waals surface area contributed by atoms with Crippen LogP contribution in [0.25, 0.3) is 6.08 Å². The highest BCUT2D eigenvalue weighted by Crippen LogP contribution is 2.22. The maximum atomic E-state index is 12.3. The van der Waals surface area contributed by atoms with Crippen LogP contribution in [0.4, 0.5) is 0 Å². The van der Waals surface area contributed by atoms with E-state index >= 15 is 0 Å². The largest absolute Gasteiger partial charge is 0.422 e. The molecule has 0 aliphatic carbocycles. The van der Waals surface area contributed by atoms with E-state index in [2.05, 4.69) is 31.9 Å². The van der Waals surface area contributed by atoms with Crippen LogP contribution in [0.1, 0.15) is 26.3 Å². The molecule has 0 N–H and O–H groups in total. The molecule has 0 spiro atoms. The van der Waals surface area contributed by atoms with Gasteiger partial charge in [-0.15, -0.1) is 0 Å². The van der Waals surface area contributed by atoms with Gasteiger partial charge in [0.2, 0.25) is 0 Å². The molecule has 0 aliphatic rings. The number of allylic oxidation sites excluding steroid dienone is 1. The summed E-state index contributed by atoms with van der Waals surface area (Å²) in [4.78, 5) is 24.6. The number of benzene rings is 3. The maximum Gasteiger partial charge on any atom is 0.343 e. The molecule has 27 heavy (non-hydrogen) atoms. The van der Waals surface area contributed by atoms with Crippen LogP contribution in [0, 0.1) is 0 Å².